The summed E-state index contributed by atoms with van der Waals surface area (Å²) in [4.78, 5) is 42.5. The van der Waals surface area contributed by atoms with E-state index in [2.05, 4.69) is 36.5 Å². The van der Waals surface area contributed by atoms with Gasteiger partial charge in [0.05, 0.1) is 5.75 Å². The molecule has 11 heteroatoms. The summed E-state index contributed by atoms with van der Waals surface area (Å²) in [6.07, 6.45) is 0. The molecule has 5 N–H and O–H groups in total. The first-order valence-corrected chi connectivity index (χ1v) is 9.23. The highest BCUT2D eigenvalue weighted by molar-refractivity contribution is 9.10. The summed E-state index contributed by atoms with van der Waals surface area (Å²) < 4.78 is 5.49. The highest BCUT2D eigenvalue weighted by Crippen LogP contribution is 2.19. The Balaban J connectivity index is 2.07. The fourth-order valence-electron chi connectivity index (χ4n) is 1.86. The van der Waals surface area contributed by atoms with E-state index in [0.29, 0.717) is 4.67 Å². The lowest BCUT2D eigenvalue weighted by molar-refractivity contribution is -0.119. The van der Waals surface area contributed by atoms with E-state index in [1.54, 1.807) is 6.07 Å². The Kier molecular flexibility index (Phi) is 6.13. The predicted octanol–water partition coefficient (Wildman–Crippen LogP) is 1.97. The van der Waals surface area contributed by atoms with Crippen LogP contribution in [0.25, 0.3) is 0 Å². The van der Waals surface area contributed by atoms with Gasteiger partial charge < -0.3 is 20.8 Å². The van der Waals surface area contributed by atoms with Crippen LogP contribution in [0.5, 0.6) is 0 Å². The van der Waals surface area contributed by atoms with Gasteiger partial charge in [-0.2, -0.15) is 0 Å². The largest absolute Gasteiger partial charge is 0.444 e. The number of thioether (sulfide) groups is 1. The first kappa shape index (κ1) is 20.0. The molecule has 2 heterocycles. The minimum absolute atomic E-state index is 0.00739. The molecular weight excluding hydrogens is 426 g/mol. The van der Waals surface area contributed by atoms with Crippen LogP contribution in [0.4, 0.5) is 11.5 Å². The van der Waals surface area contributed by atoms with Crippen LogP contribution in [0.3, 0.4) is 0 Å². The van der Waals surface area contributed by atoms with E-state index in [1.807, 2.05) is 20.8 Å². The van der Waals surface area contributed by atoms with Gasteiger partial charge in [-0.25, -0.2) is 4.98 Å². The maximum absolute atomic E-state index is 12.2. The van der Waals surface area contributed by atoms with Crippen LogP contribution in [0.2, 0.25) is 0 Å². The smallest absolute Gasteiger partial charge is 0.291 e. The number of aromatic nitrogens is 2. The summed E-state index contributed by atoms with van der Waals surface area (Å²) in [7, 11) is 0. The molecule has 0 atom stereocenters. The Hall–Kier alpha value is -2.27. The quantitative estimate of drug-likeness (QED) is 0.408. The van der Waals surface area contributed by atoms with Gasteiger partial charge in [0.25, 0.3) is 11.5 Å². The summed E-state index contributed by atoms with van der Waals surface area (Å²) in [5.41, 5.74) is 4.59. The van der Waals surface area contributed by atoms with E-state index >= 15 is 0 Å². The number of furan rings is 1. The molecule has 140 valence electrons. The molecule has 0 saturated carbocycles. The second kappa shape index (κ2) is 7.96. The number of nitrogens with two attached hydrogens (primary N) is 1. The van der Waals surface area contributed by atoms with Crippen molar-refractivity contribution in [3.05, 3.63) is 32.9 Å². The Bertz CT molecular complexity index is 887. The van der Waals surface area contributed by atoms with E-state index in [1.165, 1.54) is 6.07 Å². The van der Waals surface area contributed by atoms with Crippen molar-refractivity contribution in [3.8, 4) is 0 Å². The van der Waals surface area contributed by atoms with Gasteiger partial charge in [0.2, 0.25) is 5.91 Å². The minimum atomic E-state index is -0.639. The van der Waals surface area contributed by atoms with Crippen LogP contribution in [0.15, 0.2) is 31.2 Å². The number of amides is 2. The van der Waals surface area contributed by atoms with Crippen LogP contribution in [0.1, 0.15) is 31.3 Å². The molecule has 0 spiro atoms. The van der Waals surface area contributed by atoms with Crippen LogP contribution < -0.4 is 21.9 Å². The number of carbonyl (C=O) groups is 2. The van der Waals surface area contributed by atoms with E-state index in [0.717, 1.165) is 11.8 Å². The van der Waals surface area contributed by atoms with Crippen molar-refractivity contribution in [2.24, 2.45) is 0 Å². The molecule has 2 aromatic rings. The maximum Gasteiger partial charge on any atom is 0.291 e. The molecule has 9 nitrogen and oxygen atoms in total. The zero-order chi connectivity index (χ0) is 19.5. The van der Waals surface area contributed by atoms with Crippen LogP contribution >= 0.6 is 27.7 Å². The highest BCUT2D eigenvalue weighted by Gasteiger charge is 2.18. The molecule has 0 radical (unpaired) electrons. The molecule has 0 saturated heterocycles. The Morgan fingerprint density at radius 1 is 1.38 bits per heavy atom. The molecule has 0 aliphatic carbocycles. The molecule has 2 aromatic heterocycles. The lowest BCUT2D eigenvalue weighted by Gasteiger charge is -2.20. The van der Waals surface area contributed by atoms with Gasteiger partial charge in [0.1, 0.15) is 0 Å². The summed E-state index contributed by atoms with van der Waals surface area (Å²) in [6.45, 7) is 5.59. The molecule has 2 rings (SSSR count). The second-order valence-corrected chi connectivity index (χ2v) is 8.02. The summed E-state index contributed by atoms with van der Waals surface area (Å²) >= 11 is 4.11. The van der Waals surface area contributed by atoms with Crippen molar-refractivity contribution in [2.45, 2.75) is 31.5 Å². The molecule has 0 unspecified atom stereocenters. The third-order valence-corrected chi connectivity index (χ3v) is 4.12. The van der Waals surface area contributed by atoms with Crippen molar-refractivity contribution < 1.29 is 14.0 Å². The molecule has 26 heavy (non-hydrogen) atoms. The van der Waals surface area contributed by atoms with Gasteiger partial charge in [-0.3, -0.25) is 19.4 Å². The number of carbonyl (C=O) groups excluding carboxylic acids is 2. The van der Waals surface area contributed by atoms with Gasteiger partial charge in [0, 0.05) is 5.54 Å². The average Bonchev–Trinajstić information content (AvgIpc) is 2.93. The molecule has 0 aliphatic rings. The van der Waals surface area contributed by atoms with Crippen LogP contribution in [-0.2, 0) is 4.79 Å². The number of hydrogen-bond acceptors (Lipinski definition) is 7. The number of rotatable bonds is 5. The van der Waals surface area contributed by atoms with E-state index in [4.69, 9.17) is 10.2 Å². The topological polar surface area (TPSA) is 143 Å². The van der Waals surface area contributed by atoms with Crippen molar-refractivity contribution in [2.75, 3.05) is 16.8 Å². The molecule has 0 fully saturated rings. The fourth-order valence-corrected chi connectivity index (χ4v) is 2.83. The Morgan fingerprint density at radius 2 is 2.08 bits per heavy atom. The van der Waals surface area contributed by atoms with Crippen molar-refractivity contribution in [3.63, 3.8) is 0 Å². The molecular formula is C15H18BrN5O4S. The van der Waals surface area contributed by atoms with Gasteiger partial charge in [0.15, 0.2) is 27.1 Å². The number of nitrogens with zero attached hydrogens (tertiary/aromatic N) is 1. The molecule has 2 amide bonds. The lowest BCUT2D eigenvalue weighted by Crippen LogP contribution is -2.41. The zero-order valence-electron chi connectivity index (χ0n) is 14.3. The molecule has 0 bridgehead atoms. The van der Waals surface area contributed by atoms with Gasteiger partial charge in [-0.15, -0.1) is 0 Å². The number of halogens is 1. The number of H-pyrrole nitrogens is 1. The third-order valence-electron chi connectivity index (χ3n) is 2.82. The van der Waals surface area contributed by atoms with Gasteiger partial charge in [-0.1, -0.05) is 11.8 Å². The predicted molar refractivity (Wildman–Crippen MR) is 102 cm³/mol. The normalized spacial score (nSPS) is 11.2. The van der Waals surface area contributed by atoms with E-state index < -0.39 is 11.5 Å². The van der Waals surface area contributed by atoms with E-state index in [-0.39, 0.29) is 39.6 Å². The third kappa shape index (κ3) is 5.63. The molecule has 0 aromatic carbocycles. The monoisotopic (exact) mass is 443 g/mol. The number of aromatic amines is 1. The summed E-state index contributed by atoms with van der Waals surface area (Å²) in [6, 6.07) is 2.98. The van der Waals surface area contributed by atoms with E-state index in [9.17, 15) is 14.4 Å². The highest BCUT2D eigenvalue weighted by atomic mass is 79.9. The Labute approximate surface area is 161 Å². The summed E-state index contributed by atoms with van der Waals surface area (Å²) in [5, 5.41) is 5.33. The Morgan fingerprint density at radius 3 is 2.62 bits per heavy atom. The number of anilines is 2. The van der Waals surface area contributed by atoms with Gasteiger partial charge in [-0.05, 0) is 48.8 Å². The zero-order valence-corrected chi connectivity index (χ0v) is 16.7. The summed E-state index contributed by atoms with van der Waals surface area (Å²) in [5.74, 6) is -0.935. The van der Waals surface area contributed by atoms with Crippen molar-refractivity contribution in [1.29, 1.82) is 0 Å². The number of nitrogens with one attached hydrogen (secondary N) is 3. The lowest BCUT2D eigenvalue weighted by atomic mass is 10.1. The number of hydrogen-bond donors (Lipinski definition) is 4. The maximum atomic E-state index is 12.2. The van der Waals surface area contributed by atoms with Crippen molar-refractivity contribution in [1.82, 2.24) is 15.3 Å². The SMILES string of the molecule is CC(C)(C)NC(=O)CSc1nc(N)c(NC(=O)c2ccc(Br)o2)c(=O)[nH]1. The molecule has 0 aliphatic heterocycles. The number of nitrogen functional groups attached to an aromatic ring is 1. The van der Waals surface area contributed by atoms with Crippen molar-refractivity contribution >= 4 is 51.0 Å². The average molecular weight is 444 g/mol. The second-order valence-electron chi connectivity index (χ2n) is 6.28. The minimum Gasteiger partial charge on any atom is -0.444 e. The first-order valence-electron chi connectivity index (χ1n) is 7.45. The van der Waals surface area contributed by atoms with Crippen LogP contribution in [0, 0.1) is 0 Å². The van der Waals surface area contributed by atoms with Crippen LogP contribution in [-0.4, -0.2) is 33.1 Å². The fraction of sp³-hybridized carbons (Fsp3) is 0.333. The van der Waals surface area contributed by atoms with Gasteiger partial charge >= 0.3 is 0 Å². The standard InChI is InChI=1S/C15H18BrN5O4S/c1-15(2,3)21-9(22)6-26-14-19-11(17)10(13(24)20-14)18-12(23)7-4-5-8(16)25-7/h4-5H,6H2,1-3H3,(H,18,23)(H,21,22)(H3,17,19,20,24). The first-order chi connectivity index (χ1) is 12.0.